The summed E-state index contributed by atoms with van der Waals surface area (Å²) >= 11 is 11.9. The van der Waals surface area contributed by atoms with Crippen molar-refractivity contribution in [3.05, 3.63) is 28.2 Å². The first kappa shape index (κ1) is 14.4. The monoisotopic (exact) mass is 302 g/mol. The second kappa shape index (κ2) is 6.98. The van der Waals surface area contributed by atoms with Crippen molar-refractivity contribution in [2.45, 2.75) is 6.42 Å². The second-order valence-electron chi connectivity index (χ2n) is 4.29. The van der Waals surface area contributed by atoms with E-state index in [4.69, 9.17) is 27.9 Å². The molecule has 1 aliphatic heterocycles. The van der Waals surface area contributed by atoms with Gasteiger partial charge in [0.25, 0.3) is 0 Å². The first-order valence-corrected chi connectivity index (χ1v) is 6.97. The Balaban J connectivity index is 1.78. The van der Waals surface area contributed by atoms with Crippen LogP contribution in [0.4, 0.5) is 5.69 Å². The highest BCUT2D eigenvalue weighted by molar-refractivity contribution is 6.36. The summed E-state index contributed by atoms with van der Waals surface area (Å²) in [5, 5.41) is 4.30. The van der Waals surface area contributed by atoms with Crippen LogP contribution in [0.2, 0.25) is 10.0 Å². The molecule has 0 radical (unpaired) electrons. The van der Waals surface area contributed by atoms with Gasteiger partial charge in [0, 0.05) is 31.1 Å². The lowest BCUT2D eigenvalue weighted by molar-refractivity contribution is -0.134. The number of benzene rings is 1. The van der Waals surface area contributed by atoms with E-state index >= 15 is 0 Å². The Morgan fingerprint density at radius 3 is 2.74 bits per heavy atom. The molecule has 1 amide bonds. The molecule has 0 aliphatic carbocycles. The zero-order chi connectivity index (χ0) is 13.7. The van der Waals surface area contributed by atoms with E-state index in [0.29, 0.717) is 49.3 Å². The van der Waals surface area contributed by atoms with Gasteiger partial charge in [-0.25, -0.2) is 0 Å². The number of amides is 1. The molecule has 0 aromatic heterocycles. The van der Waals surface area contributed by atoms with E-state index in [2.05, 4.69) is 5.32 Å². The number of ether oxygens (including phenoxy) is 1. The fourth-order valence-corrected chi connectivity index (χ4v) is 2.38. The van der Waals surface area contributed by atoms with Gasteiger partial charge in [-0.05, 0) is 18.2 Å². The number of hydrogen-bond acceptors (Lipinski definition) is 3. The lowest BCUT2D eigenvalue weighted by Crippen LogP contribution is -2.41. The lowest BCUT2D eigenvalue weighted by atomic mass is 10.3. The Morgan fingerprint density at radius 1 is 1.32 bits per heavy atom. The summed E-state index contributed by atoms with van der Waals surface area (Å²) in [5.41, 5.74) is 0.792. The molecule has 0 bridgehead atoms. The van der Waals surface area contributed by atoms with Gasteiger partial charge in [-0.15, -0.1) is 0 Å². The summed E-state index contributed by atoms with van der Waals surface area (Å²) in [6.07, 6.45) is 0.443. The number of anilines is 1. The van der Waals surface area contributed by atoms with Crippen molar-refractivity contribution in [2.24, 2.45) is 0 Å². The van der Waals surface area contributed by atoms with Gasteiger partial charge in [-0.2, -0.15) is 0 Å². The summed E-state index contributed by atoms with van der Waals surface area (Å²) in [6, 6.07) is 5.25. The molecule has 2 rings (SSSR count). The van der Waals surface area contributed by atoms with Crippen molar-refractivity contribution in [3.63, 3.8) is 0 Å². The van der Waals surface area contributed by atoms with Crippen LogP contribution in [-0.2, 0) is 9.53 Å². The molecule has 1 aromatic carbocycles. The van der Waals surface area contributed by atoms with Gasteiger partial charge >= 0.3 is 0 Å². The molecule has 19 heavy (non-hydrogen) atoms. The molecule has 1 aliphatic rings. The van der Waals surface area contributed by atoms with Crippen molar-refractivity contribution in [1.29, 1.82) is 0 Å². The molecule has 4 nitrogen and oxygen atoms in total. The maximum atomic E-state index is 11.9. The fraction of sp³-hybridized carbons (Fsp3) is 0.462. The zero-order valence-corrected chi connectivity index (χ0v) is 12.0. The maximum absolute atomic E-state index is 11.9. The van der Waals surface area contributed by atoms with E-state index in [9.17, 15) is 4.79 Å². The molecule has 1 heterocycles. The molecule has 6 heteroatoms. The maximum Gasteiger partial charge on any atom is 0.224 e. The van der Waals surface area contributed by atoms with Crippen molar-refractivity contribution < 1.29 is 9.53 Å². The van der Waals surface area contributed by atoms with Crippen LogP contribution in [0.3, 0.4) is 0 Å². The standard InChI is InChI=1S/C13H16Cl2N2O2/c14-10-1-2-12(11(15)9-10)16-4-3-13(18)17-5-7-19-8-6-17/h1-2,9,16H,3-8H2. The van der Waals surface area contributed by atoms with E-state index in [1.54, 1.807) is 12.1 Å². The van der Waals surface area contributed by atoms with Gasteiger partial charge in [0.05, 0.1) is 23.9 Å². The Bertz CT molecular complexity index is 448. The Kier molecular flexibility index (Phi) is 5.31. The third-order valence-electron chi connectivity index (χ3n) is 2.95. The largest absolute Gasteiger partial charge is 0.383 e. The first-order chi connectivity index (χ1) is 9.16. The highest BCUT2D eigenvalue weighted by atomic mass is 35.5. The summed E-state index contributed by atoms with van der Waals surface area (Å²) in [6.45, 7) is 3.17. The molecule has 1 saturated heterocycles. The molecule has 1 N–H and O–H groups in total. The van der Waals surface area contributed by atoms with Crippen LogP contribution in [-0.4, -0.2) is 43.7 Å². The third-order valence-corrected chi connectivity index (χ3v) is 3.50. The normalized spacial score (nSPS) is 15.4. The number of halogens is 2. The fourth-order valence-electron chi connectivity index (χ4n) is 1.91. The number of morpholine rings is 1. The molecule has 1 aromatic rings. The highest BCUT2D eigenvalue weighted by Gasteiger charge is 2.16. The number of carbonyl (C=O) groups is 1. The molecule has 0 saturated carbocycles. The van der Waals surface area contributed by atoms with Crippen LogP contribution < -0.4 is 5.32 Å². The number of carbonyl (C=O) groups excluding carboxylic acids is 1. The molecule has 0 spiro atoms. The van der Waals surface area contributed by atoms with E-state index in [1.807, 2.05) is 11.0 Å². The minimum Gasteiger partial charge on any atom is -0.383 e. The van der Waals surface area contributed by atoms with Crippen LogP contribution >= 0.6 is 23.2 Å². The summed E-state index contributed by atoms with van der Waals surface area (Å²) in [7, 11) is 0. The van der Waals surface area contributed by atoms with Crippen LogP contribution in [0.5, 0.6) is 0 Å². The lowest BCUT2D eigenvalue weighted by Gasteiger charge is -2.27. The van der Waals surface area contributed by atoms with Gasteiger partial charge < -0.3 is 15.0 Å². The SMILES string of the molecule is O=C(CCNc1ccc(Cl)cc1Cl)N1CCOCC1. The van der Waals surface area contributed by atoms with Crippen molar-refractivity contribution in [2.75, 3.05) is 38.2 Å². The summed E-state index contributed by atoms with van der Waals surface area (Å²) in [5.74, 6) is 0.140. The Hall–Kier alpha value is -0.970. The van der Waals surface area contributed by atoms with Gasteiger partial charge in [0.2, 0.25) is 5.91 Å². The quantitative estimate of drug-likeness (QED) is 0.930. The topological polar surface area (TPSA) is 41.6 Å². The van der Waals surface area contributed by atoms with Gasteiger partial charge in [-0.1, -0.05) is 23.2 Å². The molecule has 1 fully saturated rings. The van der Waals surface area contributed by atoms with Crippen molar-refractivity contribution in [3.8, 4) is 0 Å². The smallest absolute Gasteiger partial charge is 0.224 e. The van der Waals surface area contributed by atoms with E-state index in [1.165, 1.54) is 0 Å². The van der Waals surface area contributed by atoms with Crippen LogP contribution in [0, 0.1) is 0 Å². The van der Waals surface area contributed by atoms with Crippen LogP contribution in [0.15, 0.2) is 18.2 Å². The molecular formula is C13H16Cl2N2O2. The van der Waals surface area contributed by atoms with Crippen molar-refractivity contribution in [1.82, 2.24) is 4.90 Å². The average Bonchev–Trinajstić information content (AvgIpc) is 2.42. The number of nitrogens with one attached hydrogen (secondary N) is 1. The molecular weight excluding hydrogens is 287 g/mol. The Morgan fingerprint density at radius 2 is 2.05 bits per heavy atom. The number of nitrogens with zero attached hydrogens (tertiary/aromatic N) is 1. The van der Waals surface area contributed by atoms with E-state index in [0.717, 1.165) is 5.69 Å². The minimum absolute atomic E-state index is 0.140. The summed E-state index contributed by atoms with van der Waals surface area (Å²) in [4.78, 5) is 13.7. The predicted octanol–water partition coefficient (Wildman–Crippen LogP) is 2.65. The highest BCUT2D eigenvalue weighted by Crippen LogP contribution is 2.25. The van der Waals surface area contributed by atoms with Gasteiger partial charge in [-0.3, -0.25) is 4.79 Å². The average molecular weight is 303 g/mol. The second-order valence-corrected chi connectivity index (χ2v) is 5.14. The molecule has 104 valence electrons. The third kappa shape index (κ3) is 4.27. The summed E-state index contributed by atoms with van der Waals surface area (Å²) < 4.78 is 5.21. The van der Waals surface area contributed by atoms with Gasteiger partial charge in [0.1, 0.15) is 0 Å². The number of hydrogen-bond donors (Lipinski definition) is 1. The first-order valence-electron chi connectivity index (χ1n) is 6.21. The van der Waals surface area contributed by atoms with E-state index in [-0.39, 0.29) is 5.91 Å². The zero-order valence-electron chi connectivity index (χ0n) is 10.5. The van der Waals surface area contributed by atoms with Crippen LogP contribution in [0.25, 0.3) is 0 Å². The van der Waals surface area contributed by atoms with E-state index < -0.39 is 0 Å². The minimum atomic E-state index is 0.140. The van der Waals surface area contributed by atoms with Crippen molar-refractivity contribution >= 4 is 34.8 Å². The van der Waals surface area contributed by atoms with Gasteiger partial charge in [0.15, 0.2) is 0 Å². The number of rotatable bonds is 4. The van der Waals surface area contributed by atoms with Crippen LogP contribution in [0.1, 0.15) is 6.42 Å². The molecule has 0 atom stereocenters. The molecule has 0 unspecified atom stereocenters. The predicted molar refractivity (Wildman–Crippen MR) is 77.0 cm³/mol. The Labute approximate surface area is 122 Å².